The maximum absolute atomic E-state index is 10.1. The number of rotatable bonds is 6. The number of quaternary nitrogens is 1. The highest BCUT2D eigenvalue weighted by molar-refractivity contribution is 5.32. The van der Waals surface area contributed by atoms with E-state index in [0.29, 0.717) is 12.5 Å². The van der Waals surface area contributed by atoms with Crippen molar-refractivity contribution in [1.82, 2.24) is 0 Å². The van der Waals surface area contributed by atoms with E-state index in [1.165, 1.54) is 55.7 Å². The summed E-state index contributed by atoms with van der Waals surface area (Å²) in [5.41, 5.74) is 1.36. The molecule has 3 heteroatoms. The highest BCUT2D eigenvalue weighted by atomic mass is 16.5. The molecule has 2 atom stereocenters. The molecule has 1 aromatic rings. The van der Waals surface area contributed by atoms with Gasteiger partial charge in [-0.2, -0.15) is 0 Å². The Labute approximate surface area is 133 Å². The molecule has 1 fully saturated rings. The minimum atomic E-state index is -0.370. The SMILES string of the molecule is O[C@@H](COc1ccc([C@@H]2C=CCC2)cc1)C[NH+]1CCCCC1. The van der Waals surface area contributed by atoms with Gasteiger partial charge in [0.2, 0.25) is 0 Å². The zero-order chi connectivity index (χ0) is 15.2. The summed E-state index contributed by atoms with van der Waals surface area (Å²) in [6.45, 7) is 3.60. The zero-order valence-electron chi connectivity index (χ0n) is 13.3. The largest absolute Gasteiger partial charge is 0.491 e. The maximum Gasteiger partial charge on any atom is 0.137 e. The third kappa shape index (κ3) is 4.34. The van der Waals surface area contributed by atoms with Crippen LogP contribution in [0.3, 0.4) is 0 Å². The molecule has 0 aromatic heterocycles. The fraction of sp³-hybridized carbons (Fsp3) is 0.579. The third-order valence-corrected chi connectivity index (χ3v) is 4.85. The number of aliphatic hydroxyl groups excluding tert-OH is 1. The quantitative estimate of drug-likeness (QED) is 0.787. The predicted molar refractivity (Wildman–Crippen MR) is 88.5 cm³/mol. The number of aliphatic hydroxyl groups is 1. The van der Waals surface area contributed by atoms with Crippen molar-refractivity contribution in [2.45, 2.75) is 44.1 Å². The molecule has 1 aliphatic carbocycles. The lowest BCUT2D eigenvalue weighted by Gasteiger charge is -2.25. The normalized spacial score (nSPS) is 23.6. The van der Waals surface area contributed by atoms with Crippen molar-refractivity contribution in [3.8, 4) is 5.75 Å². The molecule has 22 heavy (non-hydrogen) atoms. The van der Waals surface area contributed by atoms with Crippen molar-refractivity contribution in [2.75, 3.05) is 26.2 Å². The van der Waals surface area contributed by atoms with Gasteiger partial charge in [0, 0.05) is 5.92 Å². The standard InChI is InChI=1S/C19H27NO2/c21-18(14-20-12-4-1-5-13-20)15-22-19-10-8-17(9-11-19)16-6-2-3-7-16/h2,6,8-11,16,18,21H,1,3-5,7,12-15H2/p+1/t16-,18-/m1/s1. The van der Waals surface area contributed by atoms with E-state index in [1.54, 1.807) is 0 Å². The molecule has 0 unspecified atom stereocenters. The van der Waals surface area contributed by atoms with Crippen LogP contribution < -0.4 is 9.64 Å². The number of piperidine rings is 1. The number of ether oxygens (including phenoxy) is 1. The van der Waals surface area contributed by atoms with E-state index < -0.39 is 0 Å². The molecule has 2 aliphatic rings. The van der Waals surface area contributed by atoms with Crippen LogP contribution in [0.5, 0.6) is 5.75 Å². The molecule has 1 aromatic carbocycles. The Morgan fingerprint density at radius 1 is 1.14 bits per heavy atom. The van der Waals surface area contributed by atoms with E-state index in [-0.39, 0.29) is 6.10 Å². The van der Waals surface area contributed by atoms with E-state index in [0.717, 1.165) is 12.3 Å². The van der Waals surface area contributed by atoms with Crippen LogP contribution in [0, 0.1) is 0 Å². The summed E-state index contributed by atoms with van der Waals surface area (Å²) in [6, 6.07) is 8.36. The summed E-state index contributed by atoms with van der Waals surface area (Å²) in [6.07, 6.45) is 10.5. The minimum absolute atomic E-state index is 0.370. The number of nitrogens with one attached hydrogen (secondary N) is 1. The van der Waals surface area contributed by atoms with Crippen molar-refractivity contribution in [2.24, 2.45) is 0 Å². The predicted octanol–water partition coefficient (Wildman–Crippen LogP) is 1.93. The minimum Gasteiger partial charge on any atom is -0.491 e. The third-order valence-electron chi connectivity index (χ3n) is 4.85. The highest BCUT2D eigenvalue weighted by Gasteiger charge is 2.18. The second-order valence-electron chi connectivity index (χ2n) is 6.66. The molecular weight excluding hydrogens is 274 g/mol. The molecule has 1 saturated heterocycles. The lowest BCUT2D eigenvalue weighted by molar-refractivity contribution is -0.908. The van der Waals surface area contributed by atoms with Crippen molar-refractivity contribution in [3.63, 3.8) is 0 Å². The number of hydrogen-bond donors (Lipinski definition) is 2. The lowest BCUT2D eigenvalue weighted by Crippen LogP contribution is -3.14. The van der Waals surface area contributed by atoms with E-state index in [2.05, 4.69) is 24.3 Å². The van der Waals surface area contributed by atoms with E-state index in [1.807, 2.05) is 12.1 Å². The molecule has 1 aliphatic heterocycles. The first-order valence-corrected chi connectivity index (χ1v) is 8.72. The molecule has 0 saturated carbocycles. The first kappa shape index (κ1) is 15.6. The number of benzene rings is 1. The summed E-state index contributed by atoms with van der Waals surface area (Å²) < 4.78 is 5.75. The van der Waals surface area contributed by atoms with Crippen molar-refractivity contribution >= 4 is 0 Å². The van der Waals surface area contributed by atoms with Gasteiger partial charge in [-0.1, -0.05) is 24.3 Å². The van der Waals surface area contributed by atoms with Crippen LogP contribution in [0.25, 0.3) is 0 Å². The Kier molecular flexibility index (Phi) is 5.52. The van der Waals surface area contributed by atoms with Crippen LogP contribution >= 0.6 is 0 Å². The van der Waals surface area contributed by atoms with Gasteiger partial charge in [0.25, 0.3) is 0 Å². The Morgan fingerprint density at radius 3 is 2.59 bits per heavy atom. The van der Waals surface area contributed by atoms with Gasteiger partial charge in [0.15, 0.2) is 0 Å². The van der Waals surface area contributed by atoms with Crippen LogP contribution in [0.4, 0.5) is 0 Å². The number of likely N-dealkylation sites (tertiary alicyclic amines) is 1. The molecule has 0 spiro atoms. The van der Waals surface area contributed by atoms with E-state index in [9.17, 15) is 5.11 Å². The van der Waals surface area contributed by atoms with Gasteiger partial charge in [0.1, 0.15) is 25.0 Å². The summed E-state index contributed by atoms with van der Waals surface area (Å²) in [4.78, 5) is 1.52. The maximum atomic E-state index is 10.1. The van der Waals surface area contributed by atoms with Crippen LogP contribution in [0.15, 0.2) is 36.4 Å². The molecule has 3 rings (SSSR count). The topological polar surface area (TPSA) is 33.9 Å². The molecule has 120 valence electrons. The zero-order valence-corrected chi connectivity index (χ0v) is 13.3. The van der Waals surface area contributed by atoms with Crippen molar-refractivity contribution < 1.29 is 14.7 Å². The first-order valence-electron chi connectivity index (χ1n) is 8.72. The van der Waals surface area contributed by atoms with Gasteiger partial charge in [0.05, 0.1) is 13.1 Å². The molecule has 3 nitrogen and oxygen atoms in total. The Morgan fingerprint density at radius 2 is 1.91 bits per heavy atom. The summed E-state index contributed by atoms with van der Waals surface area (Å²) in [7, 11) is 0. The summed E-state index contributed by atoms with van der Waals surface area (Å²) in [5, 5.41) is 10.1. The Balaban J connectivity index is 1.43. The second-order valence-corrected chi connectivity index (χ2v) is 6.66. The monoisotopic (exact) mass is 302 g/mol. The second kappa shape index (κ2) is 7.80. The molecule has 0 amide bonds. The van der Waals surface area contributed by atoms with Gasteiger partial charge < -0.3 is 14.7 Å². The Hall–Kier alpha value is -1.32. The highest BCUT2D eigenvalue weighted by Crippen LogP contribution is 2.29. The number of allylic oxidation sites excluding steroid dienone is 2. The summed E-state index contributed by atoms with van der Waals surface area (Å²) >= 11 is 0. The van der Waals surface area contributed by atoms with E-state index in [4.69, 9.17) is 4.74 Å². The molecule has 1 heterocycles. The van der Waals surface area contributed by atoms with Crippen molar-refractivity contribution in [3.05, 3.63) is 42.0 Å². The van der Waals surface area contributed by atoms with Gasteiger partial charge >= 0.3 is 0 Å². The molecule has 2 N–H and O–H groups in total. The van der Waals surface area contributed by atoms with Crippen LogP contribution in [-0.2, 0) is 0 Å². The Bertz CT molecular complexity index is 477. The average Bonchev–Trinajstić information content (AvgIpc) is 3.09. The van der Waals surface area contributed by atoms with Crippen molar-refractivity contribution in [1.29, 1.82) is 0 Å². The van der Waals surface area contributed by atoms with Gasteiger partial charge in [-0.05, 0) is 49.8 Å². The van der Waals surface area contributed by atoms with Crippen LogP contribution in [0.1, 0.15) is 43.6 Å². The fourth-order valence-corrected chi connectivity index (χ4v) is 3.56. The number of hydrogen-bond acceptors (Lipinski definition) is 2. The van der Waals surface area contributed by atoms with Gasteiger partial charge in [-0.15, -0.1) is 0 Å². The molecular formula is C19H28NO2+. The van der Waals surface area contributed by atoms with Crippen LogP contribution in [-0.4, -0.2) is 37.5 Å². The first-order chi connectivity index (χ1) is 10.8. The van der Waals surface area contributed by atoms with E-state index >= 15 is 0 Å². The molecule has 0 radical (unpaired) electrons. The lowest BCUT2D eigenvalue weighted by atomic mass is 9.99. The average molecular weight is 302 g/mol. The fourth-order valence-electron chi connectivity index (χ4n) is 3.56. The summed E-state index contributed by atoms with van der Waals surface area (Å²) in [5.74, 6) is 1.43. The van der Waals surface area contributed by atoms with Crippen LogP contribution in [0.2, 0.25) is 0 Å². The smallest absolute Gasteiger partial charge is 0.137 e. The van der Waals surface area contributed by atoms with Gasteiger partial charge in [-0.25, -0.2) is 0 Å². The van der Waals surface area contributed by atoms with Gasteiger partial charge in [-0.3, -0.25) is 0 Å². The molecule has 0 bridgehead atoms.